The van der Waals surface area contributed by atoms with Gasteiger partial charge in [-0.3, -0.25) is 4.79 Å². The van der Waals surface area contributed by atoms with Crippen LogP contribution < -0.4 is 19.7 Å². The Balaban J connectivity index is 2.03. The highest BCUT2D eigenvalue weighted by molar-refractivity contribution is 6.33. The van der Waals surface area contributed by atoms with Crippen molar-refractivity contribution in [2.24, 2.45) is 0 Å². The second kappa shape index (κ2) is 9.46. The highest BCUT2D eigenvalue weighted by Gasteiger charge is 2.23. The molecule has 1 amide bonds. The summed E-state index contributed by atoms with van der Waals surface area (Å²) >= 11 is 6.11. The van der Waals surface area contributed by atoms with Crippen molar-refractivity contribution in [3.8, 4) is 11.5 Å². The first kappa shape index (κ1) is 20.1. The molecule has 1 unspecified atom stereocenters. The maximum Gasteiger partial charge on any atom is 0.282 e. The topological polar surface area (TPSA) is 52.0 Å². The molecule has 2 aromatic rings. The molecule has 2 rings (SSSR count). The maximum atomic E-state index is 12.5. The lowest BCUT2D eigenvalue weighted by Gasteiger charge is -2.22. The number of benzene rings is 2. The minimum absolute atomic E-state index is 0.0755. The van der Waals surface area contributed by atoms with Crippen LogP contribution in [0.1, 0.15) is 19.4 Å². The van der Waals surface area contributed by atoms with E-state index in [-0.39, 0.29) is 11.9 Å². The van der Waals surface area contributed by atoms with Crippen molar-refractivity contribution in [1.82, 2.24) is 0 Å². The van der Waals surface area contributed by atoms with Gasteiger partial charge in [0.2, 0.25) is 0 Å². The first-order valence-corrected chi connectivity index (χ1v) is 9.01. The van der Waals surface area contributed by atoms with Crippen molar-refractivity contribution in [3.63, 3.8) is 0 Å². The van der Waals surface area contributed by atoms with Crippen LogP contribution in [0.5, 0.6) is 11.5 Å². The van der Waals surface area contributed by atoms with Gasteiger partial charge in [-0.25, -0.2) is 0 Å². The number of hydrogen-bond acceptors (Lipinski definition) is 3. The van der Waals surface area contributed by atoms with Crippen molar-refractivity contribution >= 4 is 23.2 Å². The number of hydrogen-bond donors (Lipinski definition) is 2. The van der Waals surface area contributed by atoms with E-state index in [9.17, 15) is 4.79 Å². The summed E-state index contributed by atoms with van der Waals surface area (Å²) in [7, 11) is 3.61. The Hall–Kier alpha value is -2.24. The van der Waals surface area contributed by atoms with Gasteiger partial charge >= 0.3 is 0 Å². The summed E-state index contributed by atoms with van der Waals surface area (Å²) in [6.45, 7) is 5.10. The molecule has 0 fully saturated rings. The largest absolute Gasteiger partial charge is 0.493 e. The van der Waals surface area contributed by atoms with E-state index in [2.05, 4.69) is 5.32 Å². The van der Waals surface area contributed by atoms with Crippen LogP contribution in [0, 0.1) is 0 Å². The molecule has 0 aromatic heterocycles. The van der Waals surface area contributed by atoms with E-state index in [1.807, 2.05) is 51.2 Å². The van der Waals surface area contributed by atoms with Gasteiger partial charge in [0.05, 0.1) is 31.5 Å². The van der Waals surface area contributed by atoms with E-state index in [1.165, 1.54) is 0 Å². The predicted octanol–water partition coefficient (Wildman–Crippen LogP) is 2.79. The SMILES string of the molecule is CCOc1ccc(C[NH+](C)[C@H](C)C(=O)Nc2ccccc2Cl)cc1OC. The highest BCUT2D eigenvalue weighted by atomic mass is 35.5. The Morgan fingerprint density at radius 1 is 1.23 bits per heavy atom. The van der Waals surface area contributed by atoms with Crippen LogP contribution in [0.25, 0.3) is 0 Å². The summed E-state index contributed by atoms with van der Waals surface area (Å²) in [4.78, 5) is 13.6. The summed E-state index contributed by atoms with van der Waals surface area (Å²) < 4.78 is 10.9. The van der Waals surface area contributed by atoms with E-state index < -0.39 is 0 Å². The average molecular weight is 378 g/mol. The number of halogens is 1. The number of anilines is 1. The third-order valence-electron chi connectivity index (χ3n) is 4.28. The van der Waals surface area contributed by atoms with Gasteiger partial charge in [0, 0.05) is 5.56 Å². The maximum absolute atomic E-state index is 12.5. The van der Waals surface area contributed by atoms with E-state index in [0.29, 0.717) is 29.6 Å². The smallest absolute Gasteiger partial charge is 0.282 e. The summed E-state index contributed by atoms with van der Waals surface area (Å²) in [5.41, 5.74) is 1.70. The number of para-hydroxylation sites is 1. The van der Waals surface area contributed by atoms with Crippen molar-refractivity contribution in [1.29, 1.82) is 0 Å². The van der Waals surface area contributed by atoms with E-state index in [0.717, 1.165) is 16.2 Å². The number of amides is 1. The molecule has 0 saturated heterocycles. The van der Waals surface area contributed by atoms with Crippen LogP contribution in [0.4, 0.5) is 5.69 Å². The number of carbonyl (C=O) groups is 1. The average Bonchev–Trinajstić information content (AvgIpc) is 2.64. The normalized spacial score (nSPS) is 13.0. The number of rotatable bonds is 8. The molecular formula is C20H26ClN2O3+. The molecule has 0 spiro atoms. The van der Waals surface area contributed by atoms with Crippen LogP contribution in [0.15, 0.2) is 42.5 Å². The predicted molar refractivity (Wildman–Crippen MR) is 104 cm³/mol. The first-order valence-electron chi connectivity index (χ1n) is 8.63. The van der Waals surface area contributed by atoms with E-state index in [4.69, 9.17) is 21.1 Å². The zero-order valence-electron chi connectivity index (χ0n) is 15.6. The molecule has 0 bridgehead atoms. The number of ether oxygens (including phenoxy) is 2. The van der Waals surface area contributed by atoms with Gasteiger partial charge in [-0.2, -0.15) is 0 Å². The lowest BCUT2D eigenvalue weighted by molar-refractivity contribution is -0.907. The fourth-order valence-corrected chi connectivity index (χ4v) is 2.78. The number of carbonyl (C=O) groups excluding carboxylic acids is 1. The molecule has 140 valence electrons. The van der Waals surface area contributed by atoms with Crippen molar-refractivity contribution in [3.05, 3.63) is 53.1 Å². The van der Waals surface area contributed by atoms with E-state index in [1.54, 1.807) is 19.2 Å². The Kier molecular flexibility index (Phi) is 7.30. The molecular weight excluding hydrogens is 352 g/mol. The number of methoxy groups -OCH3 is 1. The summed E-state index contributed by atoms with van der Waals surface area (Å²) in [5, 5.41) is 3.42. The molecule has 0 aliphatic heterocycles. The highest BCUT2D eigenvalue weighted by Crippen LogP contribution is 2.27. The standard InChI is InChI=1S/C20H25ClN2O3/c1-5-26-18-11-10-15(12-19(18)25-4)13-23(3)14(2)20(24)22-17-9-7-6-8-16(17)21/h6-12,14H,5,13H2,1-4H3,(H,22,24)/p+1/t14-/m1/s1. The second-order valence-electron chi connectivity index (χ2n) is 6.13. The fraction of sp³-hybridized carbons (Fsp3) is 0.350. The second-order valence-corrected chi connectivity index (χ2v) is 6.54. The number of nitrogens with one attached hydrogen (secondary N) is 2. The molecule has 2 atom stereocenters. The molecule has 0 saturated carbocycles. The van der Waals surface area contributed by atoms with Gasteiger partial charge in [-0.05, 0) is 44.2 Å². The molecule has 0 radical (unpaired) electrons. The Morgan fingerprint density at radius 2 is 1.96 bits per heavy atom. The van der Waals surface area contributed by atoms with Gasteiger partial charge in [0.1, 0.15) is 6.54 Å². The Morgan fingerprint density at radius 3 is 2.62 bits per heavy atom. The van der Waals surface area contributed by atoms with Crippen LogP contribution >= 0.6 is 11.6 Å². The molecule has 6 heteroatoms. The molecule has 2 aromatic carbocycles. The van der Waals surface area contributed by atoms with Gasteiger partial charge < -0.3 is 19.7 Å². The van der Waals surface area contributed by atoms with E-state index >= 15 is 0 Å². The zero-order valence-corrected chi connectivity index (χ0v) is 16.4. The Labute approximate surface area is 159 Å². The zero-order chi connectivity index (χ0) is 19.1. The fourth-order valence-electron chi connectivity index (χ4n) is 2.60. The Bertz CT molecular complexity index is 752. The monoisotopic (exact) mass is 377 g/mol. The molecule has 5 nitrogen and oxygen atoms in total. The van der Waals surface area contributed by atoms with Crippen LogP contribution in [-0.4, -0.2) is 32.7 Å². The molecule has 0 heterocycles. The molecule has 26 heavy (non-hydrogen) atoms. The summed E-state index contributed by atoms with van der Waals surface area (Å²) in [5.74, 6) is 1.35. The minimum atomic E-state index is -0.246. The third kappa shape index (κ3) is 5.13. The van der Waals surface area contributed by atoms with Crippen molar-refractivity contribution < 1.29 is 19.2 Å². The first-order chi connectivity index (χ1) is 12.5. The molecule has 2 N–H and O–H groups in total. The van der Waals surface area contributed by atoms with Crippen LogP contribution in [0.3, 0.4) is 0 Å². The summed E-state index contributed by atoms with van der Waals surface area (Å²) in [6.07, 6.45) is 0. The van der Waals surface area contributed by atoms with Crippen LogP contribution in [-0.2, 0) is 11.3 Å². The lowest BCUT2D eigenvalue weighted by atomic mass is 10.1. The lowest BCUT2D eigenvalue weighted by Crippen LogP contribution is -3.12. The molecule has 0 aliphatic rings. The van der Waals surface area contributed by atoms with Gasteiger partial charge in [0.15, 0.2) is 17.5 Å². The third-order valence-corrected chi connectivity index (χ3v) is 4.60. The van der Waals surface area contributed by atoms with Crippen molar-refractivity contribution in [2.45, 2.75) is 26.4 Å². The van der Waals surface area contributed by atoms with Gasteiger partial charge in [-0.15, -0.1) is 0 Å². The summed E-state index contributed by atoms with van der Waals surface area (Å²) in [6, 6.07) is 12.8. The van der Waals surface area contributed by atoms with Crippen molar-refractivity contribution in [2.75, 3.05) is 26.1 Å². The number of quaternary nitrogens is 1. The quantitative estimate of drug-likeness (QED) is 0.743. The number of likely N-dealkylation sites (N-methyl/N-ethyl adjacent to an activating group) is 1. The van der Waals surface area contributed by atoms with Gasteiger partial charge in [-0.1, -0.05) is 23.7 Å². The van der Waals surface area contributed by atoms with Crippen LogP contribution in [0.2, 0.25) is 5.02 Å². The van der Waals surface area contributed by atoms with Gasteiger partial charge in [0.25, 0.3) is 5.91 Å². The molecule has 0 aliphatic carbocycles. The minimum Gasteiger partial charge on any atom is -0.493 e.